The first-order chi connectivity index (χ1) is 7.91. The van der Waals surface area contributed by atoms with Crippen molar-refractivity contribution in [2.45, 2.75) is 50.9 Å². The number of alkyl halides is 6. The van der Waals surface area contributed by atoms with Crippen molar-refractivity contribution in [3.05, 3.63) is 0 Å². The molecule has 0 spiro atoms. The lowest BCUT2D eigenvalue weighted by Crippen LogP contribution is -2.44. The molecule has 0 saturated heterocycles. The minimum atomic E-state index is -4.79. The number of hydrogen-bond acceptors (Lipinski definition) is 2. The van der Waals surface area contributed by atoms with Crippen LogP contribution in [-0.2, 0) is 4.79 Å². The van der Waals surface area contributed by atoms with Gasteiger partial charge in [-0.3, -0.25) is 4.79 Å². The Hall–Kier alpha value is -0.400. The van der Waals surface area contributed by atoms with Crippen LogP contribution in [0.3, 0.4) is 0 Å². The average molecular weight is 296 g/mol. The number of carbonyl (C=O) groups is 1. The Morgan fingerprint density at radius 1 is 1.06 bits per heavy atom. The zero-order chi connectivity index (χ0) is 14.6. The van der Waals surface area contributed by atoms with Gasteiger partial charge in [-0.1, -0.05) is 18.7 Å². The third-order valence-corrected chi connectivity index (χ3v) is 3.05. The van der Waals surface area contributed by atoms with Crippen molar-refractivity contribution in [3.63, 3.8) is 0 Å². The van der Waals surface area contributed by atoms with Crippen molar-refractivity contribution >= 4 is 16.9 Å². The second kappa shape index (κ2) is 6.16. The maximum atomic E-state index is 13.1. The van der Waals surface area contributed by atoms with E-state index in [1.54, 1.807) is 0 Å². The van der Waals surface area contributed by atoms with E-state index in [1.807, 2.05) is 0 Å². The Morgan fingerprint density at radius 2 is 1.56 bits per heavy atom. The summed E-state index contributed by atoms with van der Waals surface area (Å²) in [6.07, 6.45) is -3.43. The van der Waals surface area contributed by atoms with Crippen LogP contribution in [0, 0.1) is 0 Å². The summed E-state index contributed by atoms with van der Waals surface area (Å²) in [6.45, 7) is 1.66. The van der Waals surface area contributed by atoms with Crippen molar-refractivity contribution in [2.75, 3.05) is 5.75 Å². The SMILES string of the molecule is CCC(=O)SCCC(F)(F)C(F)(F)CC(C)(F)F. The van der Waals surface area contributed by atoms with Gasteiger partial charge in [-0.25, -0.2) is 8.78 Å². The molecular weight excluding hydrogens is 282 g/mol. The van der Waals surface area contributed by atoms with Gasteiger partial charge in [-0.2, -0.15) is 17.6 Å². The molecule has 0 aliphatic rings. The third kappa shape index (κ3) is 5.97. The summed E-state index contributed by atoms with van der Waals surface area (Å²) in [5, 5.41) is -0.407. The predicted octanol–water partition coefficient (Wildman–Crippen LogP) is 4.36. The van der Waals surface area contributed by atoms with Crippen molar-refractivity contribution in [2.24, 2.45) is 0 Å². The van der Waals surface area contributed by atoms with Crippen LogP contribution in [0.1, 0.15) is 33.1 Å². The minimum Gasteiger partial charge on any atom is -0.287 e. The van der Waals surface area contributed by atoms with Gasteiger partial charge in [0.2, 0.25) is 0 Å². The fraction of sp³-hybridized carbons (Fsp3) is 0.900. The van der Waals surface area contributed by atoms with E-state index in [0.29, 0.717) is 11.8 Å². The Labute approximate surface area is 105 Å². The highest BCUT2D eigenvalue weighted by Crippen LogP contribution is 2.44. The number of rotatable bonds is 7. The molecule has 0 heterocycles. The molecule has 0 aliphatic carbocycles. The van der Waals surface area contributed by atoms with Crippen LogP contribution in [0.25, 0.3) is 0 Å². The van der Waals surface area contributed by atoms with Gasteiger partial charge in [0.15, 0.2) is 5.12 Å². The fourth-order valence-corrected chi connectivity index (χ4v) is 1.89. The number of halogens is 6. The predicted molar refractivity (Wildman–Crippen MR) is 57.5 cm³/mol. The first kappa shape index (κ1) is 17.6. The smallest absolute Gasteiger partial charge is 0.287 e. The molecule has 0 saturated carbocycles. The summed E-state index contributed by atoms with van der Waals surface area (Å²) in [6, 6.07) is 0. The van der Waals surface area contributed by atoms with Crippen molar-refractivity contribution in [3.8, 4) is 0 Å². The van der Waals surface area contributed by atoms with Crippen LogP contribution in [0.15, 0.2) is 0 Å². The maximum Gasteiger partial charge on any atom is 0.315 e. The molecule has 0 amide bonds. The molecule has 18 heavy (non-hydrogen) atoms. The first-order valence-corrected chi connectivity index (χ1v) is 6.19. The van der Waals surface area contributed by atoms with Crippen LogP contribution in [0.2, 0.25) is 0 Å². The molecule has 0 unspecified atom stereocenters. The van der Waals surface area contributed by atoms with Crippen LogP contribution < -0.4 is 0 Å². The standard InChI is InChI=1S/C10H14F6OS/c1-3-7(17)18-5-4-9(13,14)10(15,16)6-8(2,11)12/h3-6H2,1-2H3. The second-order valence-corrected chi connectivity index (χ2v) is 5.13. The van der Waals surface area contributed by atoms with E-state index < -0.39 is 41.5 Å². The Morgan fingerprint density at radius 3 is 1.94 bits per heavy atom. The average Bonchev–Trinajstić information content (AvgIpc) is 2.13. The molecule has 0 aromatic rings. The van der Waals surface area contributed by atoms with E-state index in [2.05, 4.69) is 0 Å². The second-order valence-electron chi connectivity index (χ2n) is 3.98. The minimum absolute atomic E-state index is 0.0969. The number of carbonyl (C=O) groups excluding carboxylic acids is 1. The topological polar surface area (TPSA) is 17.1 Å². The molecule has 0 aliphatic heterocycles. The van der Waals surface area contributed by atoms with Gasteiger partial charge in [-0.15, -0.1) is 0 Å². The van der Waals surface area contributed by atoms with Crippen molar-refractivity contribution < 1.29 is 31.1 Å². The highest BCUT2D eigenvalue weighted by atomic mass is 32.2. The first-order valence-electron chi connectivity index (χ1n) is 5.20. The summed E-state index contributed by atoms with van der Waals surface area (Å²) >= 11 is 0.498. The van der Waals surface area contributed by atoms with E-state index >= 15 is 0 Å². The van der Waals surface area contributed by atoms with Gasteiger partial charge >= 0.3 is 11.8 Å². The normalized spacial score (nSPS) is 13.8. The lowest BCUT2D eigenvalue weighted by Gasteiger charge is -2.28. The van der Waals surface area contributed by atoms with Gasteiger partial charge < -0.3 is 0 Å². The lowest BCUT2D eigenvalue weighted by atomic mass is 10.0. The molecule has 0 bridgehead atoms. The highest BCUT2D eigenvalue weighted by Gasteiger charge is 2.58. The van der Waals surface area contributed by atoms with Gasteiger partial charge in [0.1, 0.15) is 0 Å². The molecule has 1 nitrogen and oxygen atoms in total. The highest BCUT2D eigenvalue weighted by molar-refractivity contribution is 8.13. The molecule has 8 heteroatoms. The van der Waals surface area contributed by atoms with Gasteiger partial charge in [0.05, 0.1) is 6.42 Å². The monoisotopic (exact) mass is 296 g/mol. The van der Waals surface area contributed by atoms with E-state index in [1.165, 1.54) is 6.92 Å². The summed E-state index contributed by atoms with van der Waals surface area (Å²) in [4.78, 5) is 10.8. The lowest BCUT2D eigenvalue weighted by molar-refractivity contribution is -0.236. The summed E-state index contributed by atoms with van der Waals surface area (Å²) in [5.41, 5.74) is 0. The molecule has 0 radical (unpaired) electrons. The molecule has 0 aromatic heterocycles. The van der Waals surface area contributed by atoms with E-state index in [-0.39, 0.29) is 13.3 Å². The van der Waals surface area contributed by atoms with Crippen LogP contribution in [-0.4, -0.2) is 28.6 Å². The van der Waals surface area contributed by atoms with E-state index in [4.69, 9.17) is 0 Å². The summed E-state index contributed by atoms with van der Waals surface area (Å²) in [5.74, 6) is -13.7. The molecule has 0 fully saturated rings. The molecule has 0 rings (SSSR count). The molecule has 0 atom stereocenters. The Balaban J connectivity index is 4.46. The van der Waals surface area contributed by atoms with E-state index in [0.717, 1.165) is 0 Å². The molecule has 108 valence electrons. The van der Waals surface area contributed by atoms with Crippen molar-refractivity contribution in [1.82, 2.24) is 0 Å². The van der Waals surface area contributed by atoms with Crippen LogP contribution in [0.4, 0.5) is 26.3 Å². The van der Waals surface area contributed by atoms with Crippen molar-refractivity contribution in [1.29, 1.82) is 0 Å². The van der Waals surface area contributed by atoms with Gasteiger partial charge in [0, 0.05) is 18.6 Å². The summed E-state index contributed by atoms with van der Waals surface area (Å²) in [7, 11) is 0. The van der Waals surface area contributed by atoms with Gasteiger partial charge in [0.25, 0.3) is 5.92 Å². The number of thioether (sulfide) groups is 1. The van der Waals surface area contributed by atoms with Crippen LogP contribution >= 0.6 is 11.8 Å². The Kier molecular flexibility index (Phi) is 6.03. The largest absolute Gasteiger partial charge is 0.315 e. The number of hydrogen-bond donors (Lipinski definition) is 0. The fourth-order valence-electron chi connectivity index (χ4n) is 1.10. The maximum absolute atomic E-state index is 13.1. The molecule has 0 N–H and O–H groups in total. The van der Waals surface area contributed by atoms with Gasteiger partial charge in [-0.05, 0) is 6.92 Å². The zero-order valence-electron chi connectivity index (χ0n) is 9.91. The Bertz CT molecular complexity index is 287. The third-order valence-electron chi connectivity index (χ3n) is 2.04. The van der Waals surface area contributed by atoms with Crippen LogP contribution in [0.5, 0.6) is 0 Å². The molecular formula is C10H14F6OS. The summed E-state index contributed by atoms with van der Waals surface area (Å²) < 4.78 is 76.9. The van der Waals surface area contributed by atoms with E-state index in [9.17, 15) is 31.1 Å². The quantitative estimate of drug-likeness (QED) is 0.649. The molecule has 0 aromatic carbocycles. The zero-order valence-corrected chi connectivity index (χ0v) is 10.7.